The number of nitrogens with zero attached hydrogens (tertiary/aromatic N) is 3. The van der Waals surface area contributed by atoms with Gasteiger partial charge in [0.2, 0.25) is 5.89 Å². The molecule has 1 aromatic carbocycles. The van der Waals surface area contributed by atoms with Crippen molar-refractivity contribution in [3.8, 4) is 0 Å². The molecule has 0 radical (unpaired) electrons. The number of anilines is 1. The maximum Gasteiger partial charge on any atom is 0.229 e. The molecule has 0 aliphatic heterocycles. The predicted octanol–water partition coefficient (Wildman–Crippen LogP) is 2.31. The van der Waals surface area contributed by atoms with Gasteiger partial charge in [0.05, 0.1) is 6.04 Å². The average molecular weight is 260 g/mol. The molecule has 1 atom stereocenters. The zero-order chi connectivity index (χ0) is 14.0. The molecule has 2 aromatic rings. The van der Waals surface area contributed by atoms with Crippen molar-refractivity contribution in [1.29, 1.82) is 0 Å². The Hall–Kier alpha value is -1.88. The van der Waals surface area contributed by atoms with E-state index < -0.39 is 0 Å². The van der Waals surface area contributed by atoms with Crippen LogP contribution >= 0.6 is 0 Å². The van der Waals surface area contributed by atoms with Crippen LogP contribution in [-0.2, 0) is 0 Å². The van der Waals surface area contributed by atoms with Gasteiger partial charge in [-0.15, -0.1) is 0 Å². The fraction of sp³-hybridized carbons (Fsp3) is 0.429. The lowest BCUT2D eigenvalue weighted by molar-refractivity contribution is 0.359. The molecule has 0 aliphatic carbocycles. The third-order valence-corrected chi connectivity index (χ3v) is 3.00. The number of aromatic nitrogens is 2. The third-order valence-electron chi connectivity index (χ3n) is 3.00. The summed E-state index contributed by atoms with van der Waals surface area (Å²) >= 11 is 0. The van der Waals surface area contributed by atoms with E-state index in [1.54, 1.807) is 0 Å². The van der Waals surface area contributed by atoms with E-state index in [4.69, 9.17) is 10.3 Å². The zero-order valence-corrected chi connectivity index (χ0v) is 11.8. The monoisotopic (exact) mass is 260 g/mol. The normalized spacial score (nSPS) is 12.7. The molecule has 5 nitrogen and oxygen atoms in total. The second-order valence-electron chi connectivity index (χ2n) is 5.11. The summed E-state index contributed by atoms with van der Waals surface area (Å²) in [7, 11) is 4.01. The van der Waals surface area contributed by atoms with Crippen LogP contribution in [0.1, 0.15) is 43.1 Å². The Morgan fingerprint density at radius 1 is 1.16 bits per heavy atom. The molecule has 19 heavy (non-hydrogen) atoms. The highest BCUT2D eigenvalue weighted by Crippen LogP contribution is 2.21. The second-order valence-corrected chi connectivity index (χ2v) is 5.11. The van der Waals surface area contributed by atoms with Gasteiger partial charge in [-0.05, 0) is 17.7 Å². The highest BCUT2D eigenvalue weighted by molar-refractivity contribution is 5.47. The van der Waals surface area contributed by atoms with Gasteiger partial charge in [-0.2, -0.15) is 4.98 Å². The molecule has 1 unspecified atom stereocenters. The zero-order valence-electron chi connectivity index (χ0n) is 11.8. The molecule has 0 bridgehead atoms. The molecular weight excluding hydrogens is 240 g/mol. The van der Waals surface area contributed by atoms with Crippen molar-refractivity contribution in [2.75, 3.05) is 19.0 Å². The molecular formula is C14H20N4O. The van der Waals surface area contributed by atoms with Gasteiger partial charge in [0.25, 0.3) is 0 Å². The molecule has 0 fully saturated rings. The summed E-state index contributed by atoms with van der Waals surface area (Å²) in [6.07, 6.45) is 0. The standard InChI is InChI=1S/C14H20N4O/c1-9(2)14-16-13(17-19-14)12(15)10-5-7-11(8-6-10)18(3)4/h5-9,12H,15H2,1-4H3. The number of benzene rings is 1. The minimum absolute atomic E-state index is 0.213. The van der Waals surface area contributed by atoms with Gasteiger partial charge in [0, 0.05) is 25.7 Å². The van der Waals surface area contributed by atoms with Crippen LogP contribution in [0.15, 0.2) is 28.8 Å². The first-order chi connectivity index (χ1) is 8.99. The Balaban J connectivity index is 2.20. The van der Waals surface area contributed by atoms with Gasteiger partial charge < -0.3 is 15.2 Å². The maximum absolute atomic E-state index is 6.16. The van der Waals surface area contributed by atoms with E-state index in [0.29, 0.717) is 11.7 Å². The van der Waals surface area contributed by atoms with Crippen molar-refractivity contribution in [3.63, 3.8) is 0 Å². The van der Waals surface area contributed by atoms with Gasteiger partial charge >= 0.3 is 0 Å². The quantitative estimate of drug-likeness (QED) is 0.913. The lowest BCUT2D eigenvalue weighted by Gasteiger charge is -2.14. The molecule has 0 saturated heterocycles. The van der Waals surface area contributed by atoms with Gasteiger partial charge in [-0.1, -0.05) is 31.1 Å². The molecule has 5 heteroatoms. The smallest absolute Gasteiger partial charge is 0.229 e. The van der Waals surface area contributed by atoms with E-state index in [1.165, 1.54) is 0 Å². The number of rotatable bonds is 4. The number of hydrogen-bond donors (Lipinski definition) is 1. The number of nitrogens with two attached hydrogens (primary N) is 1. The summed E-state index contributed by atoms with van der Waals surface area (Å²) < 4.78 is 5.18. The molecule has 0 spiro atoms. The summed E-state index contributed by atoms with van der Waals surface area (Å²) in [6, 6.07) is 7.68. The Morgan fingerprint density at radius 2 is 1.79 bits per heavy atom. The molecule has 0 aliphatic rings. The molecule has 1 aromatic heterocycles. The van der Waals surface area contributed by atoms with E-state index in [9.17, 15) is 0 Å². The van der Waals surface area contributed by atoms with Gasteiger partial charge in [0.15, 0.2) is 5.82 Å². The predicted molar refractivity (Wildman–Crippen MR) is 75.2 cm³/mol. The minimum atomic E-state index is -0.354. The fourth-order valence-electron chi connectivity index (χ4n) is 1.74. The first-order valence-corrected chi connectivity index (χ1v) is 6.35. The van der Waals surface area contributed by atoms with Gasteiger partial charge in [-0.3, -0.25) is 0 Å². The van der Waals surface area contributed by atoms with E-state index in [1.807, 2.05) is 57.1 Å². The van der Waals surface area contributed by atoms with Crippen LogP contribution in [0.2, 0.25) is 0 Å². The molecule has 2 N–H and O–H groups in total. The van der Waals surface area contributed by atoms with Crippen LogP contribution < -0.4 is 10.6 Å². The SMILES string of the molecule is CC(C)c1nc(C(N)c2ccc(N(C)C)cc2)no1. The second kappa shape index (κ2) is 5.40. The lowest BCUT2D eigenvalue weighted by Crippen LogP contribution is -2.14. The first-order valence-electron chi connectivity index (χ1n) is 6.35. The first kappa shape index (κ1) is 13.5. The van der Waals surface area contributed by atoms with Crippen LogP contribution in [0.4, 0.5) is 5.69 Å². The lowest BCUT2D eigenvalue weighted by atomic mass is 10.1. The van der Waals surface area contributed by atoms with Crippen LogP contribution in [0.5, 0.6) is 0 Å². The molecule has 2 rings (SSSR count). The van der Waals surface area contributed by atoms with Crippen molar-refractivity contribution in [3.05, 3.63) is 41.5 Å². The summed E-state index contributed by atoms with van der Waals surface area (Å²) in [4.78, 5) is 6.37. The summed E-state index contributed by atoms with van der Waals surface area (Å²) in [5.41, 5.74) is 8.26. The Morgan fingerprint density at radius 3 is 2.26 bits per heavy atom. The fourth-order valence-corrected chi connectivity index (χ4v) is 1.74. The van der Waals surface area contributed by atoms with E-state index in [-0.39, 0.29) is 12.0 Å². The Bertz CT molecular complexity index is 531. The van der Waals surface area contributed by atoms with E-state index in [2.05, 4.69) is 10.1 Å². The highest BCUT2D eigenvalue weighted by Gasteiger charge is 2.17. The van der Waals surface area contributed by atoms with Gasteiger partial charge in [-0.25, -0.2) is 0 Å². The topological polar surface area (TPSA) is 68.2 Å². The summed E-state index contributed by atoms with van der Waals surface area (Å²) in [5.74, 6) is 1.36. The molecule has 0 saturated carbocycles. The van der Waals surface area contributed by atoms with Crippen molar-refractivity contribution in [1.82, 2.24) is 10.1 Å². The average Bonchev–Trinajstić information content (AvgIpc) is 2.87. The minimum Gasteiger partial charge on any atom is -0.378 e. The maximum atomic E-state index is 6.16. The molecule has 1 heterocycles. The Kier molecular flexibility index (Phi) is 3.85. The van der Waals surface area contributed by atoms with Crippen molar-refractivity contribution >= 4 is 5.69 Å². The molecule has 102 valence electrons. The van der Waals surface area contributed by atoms with Gasteiger partial charge in [0.1, 0.15) is 0 Å². The van der Waals surface area contributed by atoms with E-state index in [0.717, 1.165) is 11.3 Å². The van der Waals surface area contributed by atoms with Crippen LogP contribution in [0.3, 0.4) is 0 Å². The Labute approximate surface area is 113 Å². The van der Waals surface area contributed by atoms with Crippen molar-refractivity contribution < 1.29 is 4.52 Å². The highest BCUT2D eigenvalue weighted by atomic mass is 16.5. The van der Waals surface area contributed by atoms with Crippen molar-refractivity contribution in [2.45, 2.75) is 25.8 Å². The number of hydrogen-bond acceptors (Lipinski definition) is 5. The molecule has 0 amide bonds. The largest absolute Gasteiger partial charge is 0.378 e. The van der Waals surface area contributed by atoms with E-state index >= 15 is 0 Å². The summed E-state index contributed by atoms with van der Waals surface area (Å²) in [6.45, 7) is 4.02. The van der Waals surface area contributed by atoms with Crippen LogP contribution in [-0.4, -0.2) is 24.2 Å². The summed E-state index contributed by atoms with van der Waals surface area (Å²) in [5, 5.41) is 3.95. The van der Waals surface area contributed by atoms with Crippen LogP contribution in [0, 0.1) is 0 Å². The van der Waals surface area contributed by atoms with Crippen molar-refractivity contribution in [2.24, 2.45) is 5.73 Å². The third kappa shape index (κ3) is 2.93. The van der Waals surface area contributed by atoms with Crippen LogP contribution in [0.25, 0.3) is 0 Å².